The molecule has 4 rings (SSSR count). The van der Waals surface area contributed by atoms with Crippen molar-refractivity contribution in [1.82, 2.24) is 4.57 Å². The highest BCUT2D eigenvalue weighted by Crippen LogP contribution is 2.28. The van der Waals surface area contributed by atoms with Crippen LogP contribution in [-0.2, 0) is 16.1 Å². The minimum Gasteiger partial charge on any atom is -0.505 e. The average Bonchev–Trinajstić information content (AvgIpc) is 2.77. The van der Waals surface area contributed by atoms with Crippen LogP contribution in [-0.4, -0.2) is 28.7 Å². The Balaban J connectivity index is 1.75. The number of ether oxygens (including phenoxy) is 1. The van der Waals surface area contributed by atoms with Gasteiger partial charge in [0.15, 0.2) is 11.2 Å². The van der Waals surface area contributed by atoms with E-state index in [1.807, 2.05) is 0 Å². The van der Waals surface area contributed by atoms with Crippen molar-refractivity contribution in [3.05, 3.63) is 82.5 Å². The second-order valence-electron chi connectivity index (χ2n) is 6.69. The van der Waals surface area contributed by atoms with E-state index < -0.39 is 11.9 Å². The van der Waals surface area contributed by atoms with Gasteiger partial charge < -0.3 is 19.7 Å². The van der Waals surface area contributed by atoms with Gasteiger partial charge in [0, 0.05) is 10.8 Å². The number of benzene rings is 3. The number of esters is 1. The monoisotopic (exact) mass is 402 g/mol. The summed E-state index contributed by atoms with van der Waals surface area (Å²) in [6.45, 7) is -0.0940. The van der Waals surface area contributed by atoms with Crippen LogP contribution in [0.15, 0.2) is 71.5 Å². The largest absolute Gasteiger partial charge is 0.505 e. The van der Waals surface area contributed by atoms with Gasteiger partial charge in [-0.1, -0.05) is 30.3 Å². The van der Waals surface area contributed by atoms with Gasteiger partial charge in [-0.2, -0.15) is 0 Å². The molecule has 0 aliphatic carbocycles. The number of fused-ring (bicyclic) bond motifs is 2. The summed E-state index contributed by atoms with van der Waals surface area (Å²) in [6.07, 6.45) is 0. The Labute approximate surface area is 171 Å². The van der Waals surface area contributed by atoms with Crippen LogP contribution in [0.2, 0.25) is 0 Å². The van der Waals surface area contributed by atoms with Crippen LogP contribution in [0, 0.1) is 0 Å². The Morgan fingerprint density at radius 3 is 2.13 bits per heavy atom. The zero-order valence-electron chi connectivity index (χ0n) is 16.1. The molecule has 150 valence electrons. The Hall–Kier alpha value is -4.13. The van der Waals surface area contributed by atoms with E-state index in [1.54, 1.807) is 53.1 Å². The minimum atomic E-state index is -0.707. The molecule has 7 nitrogen and oxygen atoms in total. The molecule has 0 saturated heterocycles. The molecule has 1 aromatic heterocycles. The van der Waals surface area contributed by atoms with Crippen LogP contribution in [0.3, 0.4) is 0 Å². The number of anilines is 1. The molecule has 0 atom stereocenters. The molecular weight excluding hydrogens is 384 g/mol. The van der Waals surface area contributed by atoms with Crippen molar-refractivity contribution >= 4 is 39.4 Å². The second-order valence-corrected chi connectivity index (χ2v) is 6.69. The van der Waals surface area contributed by atoms with E-state index in [4.69, 9.17) is 0 Å². The molecule has 0 saturated carbocycles. The van der Waals surface area contributed by atoms with Gasteiger partial charge in [0.1, 0.15) is 12.1 Å². The number of nitrogens with zero attached hydrogens (tertiary/aromatic N) is 1. The number of hydrogen-bond donors (Lipinski definition) is 2. The third-order valence-electron chi connectivity index (χ3n) is 4.90. The molecule has 7 heteroatoms. The highest BCUT2D eigenvalue weighted by molar-refractivity contribution is 6.00. The lowest BCUT2D eigenvalue weighted by Crippen LogP contribution is -2.21. The maximum atomic E-state index is 12.8. The summed E-state index contributed by atoms with van der Waals surface area (Å²) in [7, 11) is 1.21. The number of phenols is 1. The van der Waals surface area contributed by atoms with Gasteiger partial charge >= 0.3 is 5.97 Å². The highest BCUT2D eigenvalue weighted by atomic mass is 16.5. The van der Waals surface area contributed by atoms with Gasteiger partial charge in [0.05, 0.1) is 23.8 Å². The molecule has 0 fully saturated rings. The number of hydrogen-bond acceptors (Lipinski definition) is 5. The van der Waals surface area contributed by atoms with E-state index in [9.17, 15) is 19.5 Å². The number of amides is 1. The molecule has 30 heavy (non-hydrogen) atoms. The molecule has 0 unspecified atom stereocenters. The highest BCUT2D eigenvalue weighted by Gasteiger charge is 2.17. The zero-order valence-corrected chi connectivity index (χ0v) is 16.1. The molecule has 1 amide bonds. The third kappa shape index (κ3) is 3.26. The predicted molar refractivity (Wildman–Crippen MR) is 114 cm³/mol. The van der Waals surface area contributed by atoms with E-state index in [0.29, 0.717) is 21.8 Å². The molecule has 3 aromatic carbocycles. The van der Waals surface area contributed by atoms with Crippen molar-refractivity contribution in [2.24, 2.45) is 0 Å². The van der Waals surface area contributed by atoms with Crippen molar-refractivity contribution in [3.8, 4) is 5.75 Å². The summed E-state index contributed by atoms with van der Waals surface area (Å²) in [4.78, 5) is 37.4. The second kappa shape index (κ2) is 7.71. The summed E-state index contributed by atoms with van der Waals surface area (Å²) in [6, 6.07) is 18.6. The number of carbonyl (C=O) groups is 2. The Kier molecular flexibility index (Phi) is 4.93. The summed E-state index contributed by atoms with van der Waals surface area (Å²) >= 11 is 0. The number of para-hydroxylation sites is 3. The van der Waals surface area contributed by atoms with Gasteiger partial charge in [0.2, 0.25) is 5.91 Å². The first-order chi connectivity index (χ1) is 14.5. The Bertz CT molecular complexity index is 1300. The Morgan fingerprint density at radius 1 is 0.933 bits per heavy atom. The molecule has 0 spiro atoms. The summed E-state index contributed by atoms with van der Waals surface area (Å²) < 4.78 is 6.39. The van der Waals surface area contributed by atoms with E-state index in [2.05, 4.69) is 10.1 Å². The number of phenolic OH excluding ortho intramolecular Hbond substituents is 1. The SMILES string of the molecule is COC(=O)c1cccc(NC(=O)Cn2c3ccccc3c(=O)c3ccccc32)c1O. The van der Waals surface area contributed by atoms with Gasteiger partial charge in [-0.3, -0.25) is 9.59 Å². The van der Waals surface area contributed by atoms with Crippen LogP contribution in [0.1, 0.15) is 10.4 Å². The topological polar surface area (TPSA) is 97.6 Å². The van der Waals surface area contributed by atoms with Crippen molar-refractivity contribution in [3.63, 3.8) is 0 Å². The van der Waals surface area contributed by atoms with Gasteiger partial charge in [-0.15, -0.1) is 0 Å². The molecule has 2 N–H and O–H groups in total. The quantitative estimate of drug-likeness (QED) is 0.310. The van der Waals surface area contributed by atoms with Crippen LogP contribution in [0.25, 0.3) is 21.8 Å². The number of carbonyl (C=O) groups excluding carboxylic acids is 2. The first-order valence-corrected chi connectivity index (χ1v) is 9.21. The van der Waals surface area contributed by atoms with Crippen LogP contribution < -0.4 is 10.7 Å². The number of pyridine rings is 1. The first kappa shape index (κ1) is 19.2. The maximum Gasteiger partial charge on any atom is 0.341 e. The third-order valence-corrected chi connectivity index (χ3v) is 4.90. The first-order valence-electron chi connectivity index (χ1n) is 9.21. The van der Waals surface area contributed by atoms with Crippen molar-refractivity contribution in [1.29, 1.82) is 0 Å². The van der Waals surface area contributed by atoms with Crippen molar-refractivity contribution < 1.29 is 19.4 Å². The zero-order chi connectivity index (χ0) is 21.3. The van der Waals surface area contributed by atoms with Gasteiger partial charge in [-0.25, -0.2) is 4.79 Å². The number of methoxy groups -OCH3 is 1. The Morgan fingerprint density at radius 2 is 1.53 bits per heavy atom. The van der Waals surface area contributed by atoms with E-state index in [1.165, 1.54) is 25.3 Å². The summed E-state index contributed by atoms with van der Waals surface area (Å²) in [5.41, 5.74) is 1.21. The minimum absolute atomic E-state index is 0.0467. The van der Waals surface area contributed by atoms with Crippen LogP contribution in [0.5, 0.6) is 5.75 Å². The fourth-order valence-corrected chi connectivity index (χ4v) is 3.50. The lowest BCUT2D eigenvalue weighted by molar-refractivity contribution is -0.116. The summed E-state index contributed by atoms with van der Waals surface area (Å²) in [5.74, 6) is -1.50. The summed E-state index contributed by atoms with van der Waals surface area (Å²) in [5, 5.41) is 14.0. The molecule has 0 radical (unpaired) electrons. The molecule has 0 aliphatic rings. The van der Waals surface area contributed by atoms with E-state index in [-0.39, 0.29) is 29.0 Å². The molecular formula is C23H18N2O5. The lowest BCUT2D eigenvalue weighted by Gasteiger charge is -2.16. The number of aromatic hydroxyl groups is 1. The van der Waals surface area contributed by atoms with Crippen molar-refractivity contribution in [2.75, 3.05) is 12.4 Å². The molecule has 4 aromatic rings. The fraction of sp³-hybridized carbons (Fsp3) is 0.0870. The number of aromatic nitrogens is 1. The fourth-order valence-electron chi connectivity index (χ4n) is 3.50. The van der Waals surface area contributed by atoms with Crippen LogP contribution >= 0.6 is 0 Å². The molecule has 0 bridgehead atoms. The predicted octanol–water partition coefficient (Wildman–Crippen LogP) is 3.29. The van der Waals surface area contributed by atoms with Crippen LogP contribution in [0.4, 0.5) is 5.69 Å². The van der Waals surface area contributed by atoms with Gasteiger partial charge in [0.25, 0.3) is 0 Å². The number of nitrogens with one attached hydrogen (secondary N) is 1. The molecule has 0 aliphatic heterocycles. The smallest absolute Gasteiger partial charge is 0.341 e. The molecule has 1 heterocycles. The normalized spacial score (nSPS) is 10.8. The van der Waals surface area contributed by atoms with Gasteiger partial charge in [-0.05, 0) is 36.4 Å². The average molecular weight is 402 g/mol. The standard InChI is InChI=1S/C23H18N2O5/c1-30-23(29)16-9-6-10-17(22(16)28)24-20(26)13-25-18-11-4-2-7-14(18)21(27)15-8-3-5-12-19(15)25/h2-12,28H,13H2,1H3,(H,24,26). The van der Waals surface area contributed by atoms with Crippen molar-refractivity contribution in [2.45, 2.75) is 6.54 Å². The van der Waals surface area contributed by atoms with E-state index >= 15 is 0 Å². The number of rotatable bonds is 4. The lowest BCUT2D eigenvalue weighted by atomic mass is 10.1. The maximum absolute atomic E-state index is 12.8. The van der Waals surface area contributed by atoms with E-state index in [0.717, 1.165) is 0 Å².